The number of carbonyl (C=O) groups is 1. The molecule has 0 saturated carbocycles. The molecule has 22 heavy (non-hydrogen) atoms. The fraction of sp³-hybridized carbons (Fsp3) is 0.625. The summed E-state index contributed by atoms with van der Waals surface area (Å²) in [7, 11) is 0. The molecule has 1 aromatic rings. The van der Waals surface area contributed by atoms with E-state index in [1.807, 2.05) is 24.0 Å². The largest absolute Gasteiger partial charge is 0.379 e. The van der Waals surface area contributed by atoms with Crippen LogP contribution >= 0.6 is 0 Å². The van der Waals surface area contributed by atoms with Gasteiger partial charge in [0.25, 0.3) is 0 Å². The number of anilines is 1. The molecule has 0 bridgehead atoms. The average molecular weight is 304 g/mol. The fourth-order valence-electron chi connectivity index (χ4n) is 3.11. The maximum atomic E-state index is 12.3. The third-order valence-corrected chi connectivity index (χ3v) is 4.34. The molecule has 6 nitrogen and oxygen atoms in total. The Labute approximate surface area is 131 Å². The Morgan fingerprint density at radius 1 is 1.41 bits per heavy atom. The number of pyridine rings is 1. The summed E-state index contributed by atoms with van der Waals surface area (Å²) >= 11 is 0. The van der Waals surface area contributed by atoms with Crippen molar-refractivity contribution in [2.45, 2.75) is 13.3 Å². The van der Waals surface area contributed by atoms with E-state index in [4.69, 9.17) is 4.74 Å². The second-order valence-electron chi connectivity index (χ2n) is 6.16. The molecule has 2 aliphatic rings. The molecule has 0 aliphatic carbocycles. The zero-order valence-electron chi connectivity index (χ0n) is 13.1. The van der Waals surface area contributed by atoms with Crippen LogP contribution in [0.2, 0.25) is 0 Å². The van der Waals surface area contributed by atoms with Crippen LogP contribution in [0.1, 0.15) is 12.0 Å². The van der Waals surface area contributed by atoms with Crippen LogP contribution in [0.25, 0.3) is 0 Å². The SMILES string of the molecule is Cc1ccnc(NC(=O)N2CCC(CN3CCOCC3)C2)c1. The van der Waals surface area contributed by atoms with E-state index < -0.39 is 0 Å². The Morgan fingerprint density at radius 2 is 2.23 bits per heavy atom. The maximum Gasteiger partial charge on any atom is 0.323 e. The molecule has 1 unspecified atom stereocenters. The van der Waals surface area contributed by atoms with Crippen molar-refractivity contribution in [2.75, 3.05) is 51.3 Å². The van der Waals surface area contributed by atoms with Crippen molar-refractivity contribution in [1.82, 2.24) is 14.8 Å². The number of hydrogen-bond donors (Lipinski definition) is 1. The molecule has 3 rings (SSSR count). The minimum Gasteiger partial charge on any atom is -0.379 e. The number of likely N-dealkylation sites (tertiary alicyclic amines) is 1. The van der Waals surface area contributed by atoms with Gasteiger partial charge >= 0.3 is 6.03 Å². The van der Waals surface area contributed by atoms with E-state index in [2.05, 4.69) is 15.2 Å². The van der Waals surface area contributed by atoms with E-state index in [9.17, 15) is 4.79 Å². The molecule has 2 amide bonds. The normalized spacial score (nSPS) is 22.8. The Bertz CT molecular complexity index is 517. The van der Waals surface area contributed by atoms with Gasteiger partial charge in [0, 0.05) is 38.9 Å². The average Bonchev–Trinajstić information content (AvgIpc) is 2.97. The number of ether oxygens (including phenoxy) is 1. The number of urea groups is 1. The Kier molecular flexibility index (Phi) is 4.90. The number of hydrogen-bond acceptors (Lipinski definition) is 4. The Hall–Kier alpha value is -1.66. The van der Waals surface area contributed by atoms with Gasteiger partial charge in [0.05, 0.1) is 13.2 Å². The van der Waals surface area contributed by atoms with Crippen LogP contribution < -0.4 is 5.32 Å². The molecule has 1 atom stereocenters. The lowest BCUT2D eigenvalue weighted by atomic mass is 10.1. The van der Waals surface area contributed by atoms with Gasteiger partial charge in [-0.3, -0.25) is 10.2 Å². The van der Waals surface area contributed by atoms with E-state index in [0.29, 0.717) is 11.7 Å². The van der Waals surface area contributed by atoms with Gasteiger partial charge in [0.15, 0.2) is 0 Å². The quantitative estimate of drug-likeness (QED) is 0.921. The molecule has 0 spiro atoms. The van der Waals surface area contributed by atoms with Crippen LogP contribution in [-0.4, -0.2) is 66.8 Å². The first-order chi connectivity index (χ1) is 10.7. The summed E-state index contributed by atoms with van der Waals surface area (Å²) in [6.07, 6.45) is 2.79. The second-order valence-corrected chi connectivity index (χ2v) is 6.16. The maximum absolute atomic E-state index is 12.3. The molecular weight excluding hydrogens is 280 g/mol. The molecule has 120 valence electrons. The highest BCUT2D eigenvalue weighted by Gasteiger charge is 2.28. The first kappa shape index (κ1) is 15.2. The fourth-order valence-corrected chi connectivity index (χ4v) is 3.11. The molecule has 1 N–H and O–H groups in total. The van der Waals surface area contributed by atoms with Gasteiger partial charge < -0.3 is 9.64 Å². The van der Waals surface area contributed by atoms with Gasteiger partial charge in [-0.15, -0.1) is 0 Å². The Morgan fingerprint density at radius 3 is 3.00 bits per heavy atom. The highest BCUT2D eigenvalue weighted by atomic mass is 16.5. The summed E-state index contributed by atoms with van der Waals surface area (Å²) in [6, 6.07) is 3.77. The van der Waals surface area contributed by atoms with Crippen molar-refractivity contribution in [3.05, 3.63) is 23.9 Å². The van der Waals surface area contributed by atoms with Gasteiger partial charge in [-0.25, -0.2) is 9.78 Å². The number of aromatic nitrogens is 1. The molecular formula is C16H24N4O2. The summed E-state index contributed by atoms with van der Waals surface area (Å²) in [4.78, 5) is 20.8. The molecule has 2 saturated heterocycles. The number of morpholine rings is 1. The minimum absolute atomic E-state index is 0.0393. The summed E-state index contributed by atoms with van der Waals surface area (Å²) in [5.41, 5.74) is 1.09. The van der Waals surface area contributed by atoms with Crippen molar-refractivity contribution in [2.24, 2.45) is 5.92 Å². The first-order valence-electron chi connectivity index (χ1n) is 7.99. The number of aryl methyl sites for hydroxylation is 1. The van der Waals surface area contributed by atoms with Gasteiger partial charge in [-0.2, -0.15) is 0 Å². The smallest absolute Gasteiger partial charge is 0.323 e. The van der Waals surface area contributed by atoms with E-state index in [0.717, 1.165) is 57.9 Å². The third kappa shape index (κ3) is 3.96. The van der Waals surface area contributed by atoms with Crippen LogP contribution in [-0.2, 0) is 4.74 Å². The molecule has 6 heteroatoms. The topological polar surface area (TPSA) is 57.7 Å². The zero-order valence-corrected chi connectivity index (χ0v) is 13.1. The first-order valence-corrected chi connectivity index (χ1v) is 7.99. The molecule has 3 heterocycles. The van der Waals surface area contributed by atoms with Crippen molar-refractivity contribution in [3.63, 3.8) is 0 Å². The lowest BCUT2D eigenvalue weighted by Gasteiger charge is -2.29. The van der Waals surface area contributed by atoms with Gasteiger partial charge in [-0.1, -0.05) is 0 Å². The lowest BCUT2D eigenvalue weighted by Crippen LogP contribution is -2.40. The highest BCUT2D eigenvalue weighted by molar-refractivity contribution is 5.88. The van der Waals surface area contributed by atoms with Gasteiger partial charge in [0.2, 0.25) is 0 Å². The molecule has 0 aromatic carbocycles. The minimum atomic E-state index is -0.0393. The highest BCUT2D eigenvalue weighted by Crippen LogP contribution is 2.19. The van der Waals surface area contributed by atoms with Crippen molar-refractivity contribution >= 4 is 11.8 Å². The van der Waals surface area contributed by atoms with Crippen molar-refractivity contribution in [1.29, 1.82) is 0 Å². The molecule has 2 aliphatic heterocycles. The number of nitrogens with zero attached hydrogens (tertiary/aromatic N) is 3. The number of amides is 2. The zero-order chi connectivity index (χ0) is 15.4. The van der Waals surface area contributed by atoms with E-state index in [-0.39, 0.29) is 6.03 Å². The van der Waals surface area contributed by atoms with Crippen LogP contribution in [0.15, 0.2) is 18.3 Å². The van der Waals surface area contributed by atoms with E-state index in [1.54, 1.807) is 6.20 Å². The number of nitrogens with one attached hydrogen (secondary N) is 1. The summed E-state index contributed by atoms with van der Waals surface area (Å²) in [6.45, 7) is 8.39. The summed E-state index contributed by atoms with van der Waals surface area (Å²) in [5, 5.41) is 2.89. The number of carbonyl (C=O) groups excluding carboxylic acids is 1. The summed E-state index contributed by atoms with van der Waals surface area (Å²) in [5.74, 6) is 1.19. The standard InChI is InChI=1S/C16H24N4O2/c1-13-2-4-17-15(10-13)18-16(21)20-5-3-14(12-20)11-19-6-8-22-9-7-19/h2,4,10,14H,3,5-9,11-12H2,1H3,(H,17,18,21). The third-order valence-electron chi connectivity index (χ3n) is 4.34. The molecule has 1 aromatic heterocycles. The Balaban J connectivity index is 1.48. The van der Waals surface area contributed by atoms with E-state index >= 15 is 0 Å². The monoisotopic (exact) mass is 304 g/mol. The van der Waals surface area contributed by atoms with Crippen LogP contribution in [0.4, 0.5) is 10.6 Å². The lowest BCUT2D eigenvalue weighted by molar-refractivity contribution is 0.0314. The van der Waals surface area contributed by atoms with E-state index in [1.165, 1.54) is 0 Å². The van der Waals surface area contributed by atoms with Crippen LogP contribution in [0, 0.1) is 12.8 Å². The number of rotatable bonds is 3. The summed E-state index contributed by atoms with van der Waals surface area (Å²) < 4.78 is 5.38. The van der Waals surface area contributed by atoms with Crippen LogP contribution in [0.5, 0.6) is 0 Å². The van der Waals surface area contributed by atoms with Gasteiger partial charge in [-0.05, 0) is 37.0 Å². The molecule has 2 fully saturated rings. The van der Waals surface area contributed by atoms with Crippen LogP contribution in [0.3, 0.4) is 0 Å². The predicted octanol–water partition coefficient (Wildman–Crippen LogP) is 1.58. The predicted molar refractivity (Wildman–Crippen MR) is 84.9 cm³/mol. The molecule has 0 radical (unpaired) electrons. The van der Waals surface area contributed by atoms with Gasteiger partial charge in [0.1, 0.15) is 5.82 Å². The van der Waals surface area contributed by atoms with Crippen molar-refractivity contribution in [3.8, 4) is 0 Å². The van der Waals surface area contributed by atoms with Crippen molar-refractivity contribution < 1.29 is 9.53 Å². The second kappa shape index (κ2) is 7.07.